The fourth-order valence-electron chi connectivity index (χ4n) is 2.68. The number of aliphatic hydroxyl groups is 2. The number of fused-ring (bicyclic) bond motifs is 1. The number of carboxylic acid groups (broad SMARTS) is 1. The lowest BCUT2D eigenvalue weighted by atomic mass is 9.79. The van der Waals surface area contributed by atoms with Crippen LogP contribution in [0.15, 0.2) is 11.3 Å². The van der Waals surface area contributed by atoms with Gasteiger partial charge in [-0.05, 0) is 24.8 Å². The van der Waals surface area contributed by atoms with E-state index in [1.807, 2.05) is 6.92 Å². The number of nitrogens with one attached hydrogen (secondary N) is 1. The van der Waals surface area contributed by atoms with Crippen LogP contribution >= 0.6 is 0 Å². The monoisotopic (exact) mass is 295 g/mol. The van der Waals surface area contributed by atoms with E-state index in [4.69, 9.17) is 9.94 Å². The highest BCUT2D eigenvalue weighted by atomic mass is 16.6. The zero-order valence-electron chi connectivity index (χ0n) is 12.0. The minimum absolute atomic E-state index is 0.0509. The van der Waals surface area contributed by atoms with Crippen molar-refractivity contribution in [2.45, 2.75) is 44.8 Å². The SMILES string of the molecule is CCC(O)C#CC1C(O)CC2=C(NOCCC(=O)O)CC21. The van der Waals surface area contributed by atoms with Crippen molar-refractivity contribution < 1.29 is 25.0 Å². The molecule has 1 saturated carbocycles. The van der Waals surface area contributed by atoms with Gasteiger partial charge in [-0.3, -0.25) is 15.1 Å². The first-order valence-electron chi connectivity index (χ1n) is 7.21. The van der Waals surface area contributed by atoms with E-state index < -0.39 is 18.2 Å². The summed E-state index contributed by atoms with van der Waals surface area (Å²) in [5.41, 5.74) is 4.79. The Labute approximate surface area is 123 Å². The van der Waals surface area contributed by atoms with Crippen molar-refractivity contribution in [1.29, 1.82) is 0 Å². The quantitative estimate of drug-likeness (QED) is 0.322. The highest BCUT2D eigenvalue weighted by molar-refractivity contribution is 5.66. The maximum Gasteiger partial charge on any atom is 0.305 e. The Morgan fingerprint density at radius 3 is 2.95 bits per heavy atom. The fraction of sp³-hybridized carbons (Fsp3) is 0.667. The standard InChI is InChI=1S/C15H21NO5/c1-2-9(17)3-4-10-11-7-13(12(11)8-14(10)18)16-21-6-5-15(19)20/h9-11,14,16-18H,2,5-8H2,1H3,(H,19,20). The number of hydroxylamine groups is 1. The van der Waals surface area contributed by atoms with Crippen LogP contribution in [0.5, 0.6) is 0 Å². The Balaban J connectivity index is 1.87. The second kappa shape index (κ2) is 6.94. The molecule has 0 amide bonds. The Kier molecular flexibility index (Phi) is 5.23. The van der Waals surface area contributed by atoms with E-state index in [1.165, 1.54) is 0 Å². The van der Waals surface area contributed by atoms with Gasteiger partial charge < -0.3 is 15.3 Å². The molecule has 2 aliphatic rings. The third-order valence-corrected chi connectivity index (χ3v) is 3.95. The Morgan fingerprint density at radius 2 is 2.29 bits per heavy atom. The van der Waals surface area contributed by atoms with Gasteiger partial charge >= 0.3 is 5.97 Å². The summed E-state index contributed by atoms with van der Waals surface area (Å²) >= 11 is 0. The maximum absolute atomic E-state index is 10.4. The number of hydrogen-bond acceptors (Lipinski definition) is 5. The van der Waals surface area contributed by atoms with E-state index in [2.05, 4.69) is 17.3 Å². The zero-order chi connectivity index (χ0) is 15.4. The molecule has 4 unspecified atom stereocenters. The third kappa shape index (κ3) is 3.76. The largest absolute Gasteiger partial charge is 0.481 e. The van der Waals surface area contributed by atoms with Gasteiger partial charge in [-0.15, -0.1) is 0 Å². The van der Waals surface area contributed by atoms with Crippen molar-refractivity contribution in [3.05, 3.63) is 11.3 Å². The van der Waals surface area contributed by atoms with E-state index in [0.717, 1.165) is 17.7 Å². The molecule has 0 spiro atoms. The predicted octanol–water partition coefficient (Wildman–Crippen LogP) is 0.411. The summed E-state index contributed by atoms with van der Waals surface area (Å²) in [5.74, 6) is 4.94. The smallest absolute Gasteiger partial charge is 0.305 e. The summed E-state index contributed by atoms with van der Waals surface area (Å²) in [5, 5.41) is 28.0. The molecule has 4 atom stereocenters. The van der Waals surface area contributed by atoms with Crippen LogP contribution in [0.2, 0.25) is 0 Å². The minimum atomic E-state index is -0.901. The van der Waals surface area contributed by atoms with Crippen LogP contribution in [0.1, 0.15) is 32.6 Å². The number of aliphatic hydroxyl groups excluding tert-OH is 2. The topological polar surface area (TPSA) is 99.0 Å². The van der Waals surface area contributed by atoms with Gasteiger partial charge in [0.15, 0.2) is 0 Å². The van der Waals surface area contributed by atoms with E-state index in [-0.39, 0.29) is 24.9 Å². The number of aliphatic carboxylic acids is 1. The summed E-state index contributed by atoms with van der Waals surface area (Å²) in [6.07, 6.45) is 0.665. The molecular weight excluding hydrogens is 274 g/mol. The van der Waals surface area contributed by atoms with E-state index >= 15 is 0 Å². The third-order valence-electron chi connectivity index (χ3n) is 3.95. The maximum atomic E-state index is 10.4. The average molecular weight is 295 g/mol. The minimum Gasteiger partial charge on any atom is -0.481 e. The molecule has 0 aromatic rings. The van der Waals surface area contributed by atoms with Crippen molar-refractivity contribution in [1.82, 2.24) is 5.48 Å². The van der Waals surface area contributed by atoms with Crippen LogP contribution in [-0.4, -0.2) is 40.1 Å². The molecule has 0 saturated heterocycles. The molecule has 21 heavy (non-hydrogen) atoms. The molecule has 2 rings (SSSR count). The molecular formula is C15H21NO5. The summed E-state index contributed by atoms with van der Waals surface area (Å²) < 4.78 is 0. The number of rotatable bonds is 6. The Bertz CT molecular complexity index is 490. The van der Waals surface area contributed by atoms with Crippen LogP contribution in [0.3, 0.4) is 0 Å². The molecule has 6 heteroatoms. The van der Waals surface area contributed by atoms with Crippen molar-refractivity contribution in [2.24, 2.45) is 11.8 Å². The molecule has 0 aromatic heterocycles. The van der Waals surface area contributed by atoms with Gasteiger partial charge in [0.25, 0.3) is 0 Å². The summed E-state index contributed by atoms with van der Waals surface area (Å²) in [6.45, 7) is 1.96. The van der Waals surface area contributed by atoms with Crippen LogP contribution in [0.25, 0.3) is 0 Å². The molecule has 4 N–H and O–H groups in total. The van der Waals surface area contributed by atoms with Crippen molar-refractivity contribution >= 4 is 5.97 Å². The van der Waals surface area contributed by atoms with Gasteiger partial charge in [-0.1, -0.05) is 18.8 Å². The number of allylic oxidation sites excluding steroid dienone is 1. The van der Waals surface area contributed by atoms with Crippen LogP contribution in [-0.2, 0) is 9.63 Å². The van der Waals surface area contributed by atoms with Crippen LogP contribution in [0.4, 0.5) is 0 Å². The Hall–Kier alpha value is -1.55. The Morgan fingerprint density at radius 1 is 1.52 bits per heavy atom. The highest BCUT2D eigenvalue weighted by Crippen LogP contribution is 2.48. The summed E-state index contributed by atoms with van der Waals surface area (Å²) in [7, 11) is 0. The van der Waals surface area contributed by atoms with Crippen molar-refractivity contribution in [3.63, 3.8) is 0 Å². The number of carboxylic acids is 1. The number of carbonyl (C=O) groups is 1. The van der Waals surface area contributed by atoms with E-state index in [9.17, 15) is 15.0 Å². The van der Waals surface area contributed by atoms with Gasteiger partial charge in [-0.2, -0.15) is 0 Å². The van der Waals surface area contributed by atoms with Crippen molar-refractivity contribution in [3.8, 4) is 11.8 Å². The second-order valence-electron chi connectivity index (χ2n) is 5.42. The zero-order valence-corrected chi connectivity index (χ0v) is 12.0. The van der Waals surface area contributed by atoms with Gasteiger partial charge in [0.05, 0.1) is 25.0 Å². The lowest BCUT2D eigenvalue weighted by Gasteiger charge is -2.30. The average Bonchev–Trinajstić information content (AvgIpc) is 2.68. The summed E-state index contributed by atoms with van der Waals surface area (Å²) in [4.78, 5) is 15.5. The normalized spacial score (nSPS) is 28.2. The van der Waals surface area contributed by atoms with Gasteiger partial charge in [-0.25, -0.2) is 0 Å². The second-order valence-corrected chi connectivity index (χ2v) is 5.42. The lowest BCUT2D eigenvalue weighted by molar-refractivity contribution is -0.138. The molecule has 0 bridgehead atoms. The molecule has 0 aromatic carbocycles. The molecule has 6 nitrogen and oxygen atoms in total. The fourth-order valence-corrected chi connectivity index (χ4v) is 2.68. The summed E-state index contributed by atoms with van der Waals surface area (Å²) in [6, 6.07) is 0. The first kappa shape index (κ1) is 15.8. The molecule has 2 aliphatic carbocycles. The van der Waals surface area contributed by atoms with Crippen LogP contribution in [0, 0.1) is 23.7 Å². The number of hydrogen-bond donors (Lipinski definition) is 4. The van der Waals surface area contributed by atoms with Gasteiger partial charge in [0.1, 0.15) is 6.10 Å². The van der Waals surface area contributed by atoms with E-state index in [0.29, 0.717) is 12.8 Å². The van der Waals surface area contributed by atoms with Crippen molar-refractivity contribution in [2.75, 3.05) is 6.61 Å². The van der Waals surface area contributed by atoms with Gasteiger partial charge in [0.2, 0.25) is 0 Å². The predicted molar refractivity (Wildman–Crippen MR) is 74.7 cm³/mol. The molecule has 0 aliphatic heterocycles. The van der Waals surface area contributed by atoms with Crippen LogP contribution < -0.4 is 5.48 Å². The molecule has 0 radical (unpaired) electrons. The molecule has 0 heterocycles. The van der Waals surface area contributed by atoms with E-state index in [1.54, 1.807) is 0 Å². The first-order valence-corrected chi connectivity index (χ1v) is 7.21. The van der Waals surface area contributed by atoms with Gasteiger partial charge in [0, 0.05) is 11.6 Å². The highest BCUT2D eigenvalue weighted by Gasteiger charge is 2.45. The molecule has 116 valence electrons. The molecule has 1 fully saturated rings. The lowest BCUT2D eigenvalue weighted by Crippen LogP contribution is -2.30. The first-order chi connectivity index (χ1) is 10.0.